The Morgan fingerprint density at radius 1 is 0.706 bits per heavy atom. The fourth-order valence-corrected chi connectivity index (χ4v) is 15.8. The van der Waals surface area contributed by atoms with Gasteiger partial charge in [-0.05, 0) is 0 Å². The predicted molar refractivity (Wildman–Crippen MR) is 88.1 cm³/mol. The SMILES string of the molecule is [CH2]CCCCCCCC([Si](C)(C)C)[Si](C)(C)C. The van der Waals surface area contributed by atoms with Gasteiger partial charge in [-0.2, -0.15) is 0 Å². The van der Waals surface area contributed by atoms with Gasteiger partial charge in [-0.1, -0.05) is 96.3 Å². The van der Waals surface area contributed by atoms with Gasteiger partial charge in [0, 0.05) is 16.1 Å². The zero-order chi connectivity index (χ0) is 13.5. The molecule has 0 aromatic rings. The van der Waals surface area contributed by atoms with Crippen molar-refractivity contribution in [2.24, 2.45) is 0 Å². The highest BCUT2D eigenvalue weighted by Crippen LogP contribution is 2.36. The van der Waals surface area contributed by atoms with Gasteiger partial charge in [-0.25, -0.2) is 0 Å². The second-order valence-corrected chi connectivity index (χ2v) is 19.1. The first-order chi connectivity index (χ1) is 7.69. The third kappa shape index (κ3) is 8.20. The highest BCUT2D eigenvalue weighted by molar-refractivity contribution is 6.96. The summed E-state index contributed by atoms with van der Waals surface area (Å²) in [5.41, 5.74) is 0. The Kier molecular flexibility index (Phi) is 7.98. The lowest BCUT2D eigenvalue weighted by atomic mass is 10.1. The van der Waals surface area contributed by atoms with Gasteiger partial charge in [0.1, 0.15) is 0 Å². The zero-order valence-electron chi connectivity index (χ0n) is 13.2. The molecular formula is C15H35Si2. The molecule has 0 N–H and O–H groups in total. The summed E-state index contributed by atoms with van der Waals surface area (Å²) in [6.45, 7) is 19.3. The van der Waals surface area contributed by atoms with Crippen molar-refractivity contribution in [2.75, 3.05) is 0 Å². The number of hydrogen-bond donors (Lipinski definition) is 0. The third-order valence-corrected chi connectivity index (χ3v) is 13.8. The summed E-state index contributed by atoms with van der Waals surface area (Å²) in [5, 5.41) is 1.10. The first-order valence-corrected chi connectivity index (χ1v) is 14.6. The molecule has 0 rings (SSSR count). The van der Waals surface area contributed by atoms with Gasteiger partial charge < -0.3 is 0 Å². The van der Waals surface area contributed by atoms with Crippen LogP contribution in [0.3, 0.4) is 0 Å². The van der Waals surface area contributed by atoms with Crippen LogP contribution in [-0.2, 0) is 0 Å². The van der Waals surface area contributed by atoms with E-state index < -0.39 is 16.1 Å². The maximum atomic E-state index is 3.91. The first kappa shape index (κ1) is 17.4. The molecule has 0 aromatic carbocycles. The number of hydrogen-bond acceptors (Lipinski definition) is 0. The van der Waals surface area contributed by atoms with Crippen molar-refractivity contribution < 1.29 is 0 Å². The minimum atomic E-state index is -0.946. The number of rotatable bonds is 9. The first-order valence-electron chi connectivity index (χ1n) is 7.49. The molecule has 17 heavy (non-hydrogen) atoms. The van der Waals surface area contributed by atoms with Crippen LogP contribution >= 0.6 is 0 Å². The monoisotopic (exact) mass is 271 g/mol. The van der Waals surface area contributed by atoms with Crippen LogP contribution in [0.15, 0.2) is 0 Å². The molecule has 0 amide bonds. The summed E-state index contributed by atoms with van der Waals surface area (Å²) in [7, 11) is -1.89. The molecule has 0 aliphatic carbocycles. The van der Waals surface area contributed by atoms with Crippen LogP contribution in [0.5, 0.6) is 0 Å². The van der Waals surface area contributed by atoms with E-state index in [2.05, 4.69) is 46.2 Å². The van der Waals surface area contributed by atoms with Gasteiger partial charge in [-0.15, -0.1) is 0 Å². The maximum Gasteiger partial charge on any atom is 0.0447 e. The van der Waals surface area contributed by atoms with Crippen LogP contribution < -0.4 is 0 Å². The molecule has 2 heteroatoms. The summed E-state index contributed by atoms with van der Waals surface area (Å²) < 4.78 is 0. The van der Waals surface area contributed by atoms with Crippen LogP contribution in [0.2, 0.25) is 44.4 Å². The predicted octanol–water partition coefficient (Wildman–Crippen LogP) is 6.14. The van der Waals surface area contributed by atoms with E-state index >= 15 is 0 Å². The Labute approximate surface area is 113 Å². The second-order valence-electron chi connectivity index (χ2n) is 7.69. The van der Waals surface area contributed by atoms with Crippen molar-refractivity contribution in [1.82, 2.24) is 0 Å². The van der Waals surface area contributed by atoms with Crippen LogP contribution in [0.4, 0.5) is 0 Å². The molecule has 0 saturated carbocycles. The molecule has 0 saturated heterocycles. The smallest absolute Gasteiger partial charge is 0.0447 e. The molecule has 0 spiro atoms. The van der Waals surface area contributed by atoms with E-state index in [-0.39, 0.29) is 0 Å². The molecule has 0 atom stereocenters. The normalized spacial score (nSPS) is 13.4. The van der Waals surface area contributed by atoms with Crippen LogP contribution in [0.25, 0.3) is 0 Å². The van der Waals surface area contributed by atoms with E-state index in [0.29, 0.717) is 0 Å². The molecule has 1 radical (unpaired) electrons. The summed E-state index contributed by atoms with van der Waals surface area (Å²) in [6, 6.07) is 0. The quantitative estimate of drug-likeness (QED) is 0.349. The summed E-state index contributed by atoms with van der Waals surface area (Å²) in [4.78, 5) is 0. The highest BCUT2D eigenvalue weighted by Gasteiger charge is 2.36. The fourth-order valence-electron chi connectivity index (χ4n) is 3.22. The average Bonchev–Trinajstić information content (AvgIpc) is 2.12. The van der Waals surface area contributed by atoms with Gasteiger partial charge in [0.25, 0.3) is 0 Å². The van der Waals surface area contributed by atoms with E-state index in [9.17, 15) is 0 Å². The molecular weight excluding hydrogens is 236 g/mol. The Morgan fingerprint density at radius 3 is 1.53 bits per heavy atom. The standard InChI is InChI=1S/C15H35Si2/c1-8-9-10-11-12-13-14-15(16(2,3)4)17(5,6)7/h15H,1,8-14H2,2-7H3. The van der Waals surface area contributed by atoms with Crippen LogP contribution in [-0.4, -0.2) is 16.1 Å². The lowest BCUT2D eigenvalue weighted by Crippen LogP contribution is -2.43. The fraction of sp³-hybridized carbons (Fsp3) is 0.933. The Morgan fingerprint density at radius 2 is 1.12 bits per heavy atom. The van der Waals surface area contributed by atoms with Gasteiger partial charge >= 0.3 is 0 Å². The highest BCUT2D eigenvalue weighted by atomic mass is 28.4. The van der Waals surface area contributed by atoms with Crippen molar-refractivity contribution in [2.45, 2.75) is 89.4 Å². The minimum absolute atomic E-state index is 0.946. The summed E-state index contributed by atoms with van der Waals surface area (Å²) in [6.07, 6.45) is 9.70. The molecule has 0 aliphatic rings. The summed E-state index contributed by atoms with van der Waals surface area (Å²) in [5.74, 6) is 0. The Balaban J connectivity index is 3.95. The molecule has 0 heterocycles. The summed E-state index contributed by atoms with van der Waals surface area (Å²) >= 11 is 0. The van der Waals surface area contributed by atoms with Crippen molar-refractivity contribution in [3.05, 3.63) is 6.92 Å². The lowest BCUT2D eigenvalue weighted by Gasteiger charge is -2.38. The van der Waals surface area contributed by atoms with E-state index in [1.54, 1.807) is 0 Å². The van der Waals surface area contributed by atoms with Crippen molar-refractivity contribution in [3.8, 4) is 0 Å². The van der Waals surface area contributed by atoms with E-state index in [4.69, 9.17) is 0 Å². The zero-order valence-corrected chi connectivity index (χ0v) is 15.2. The molecule has 103 valence electrons. The van der Waals surface area contributed by atoms with E-state index in [1.165, 1.54) is 38.5 Å². The molecule has 0 aliphatic heterocycles. The molecule has 0 nitrogen and oxygen atoms in total. The van der Waals surface area contributed by atoms with Gasteiger partial charge in [0.15, 0.2) is 0 Å². The topological polar surface area (TPSA) is 0 Å². The number of unbranched alkanes of at least 4 members (excludes halogenated alkanes) is 5. The van der Waals surface area contributed by atoms with Gasteiger partial charge in [0.2, 0.25) is 0 Å². The third-order valence-electron chi connectivity index (χ3n) is 3.83. The van der Waals surface area contributed by atoms with Crippen LogP contribution in [0, 0.1) is 6.92 Å². The Hall–Kier alpha value is 0.434. The van der Waals surface area contributed by atoms with E-state index in [1.807, 2.05) is 0 Å². The molecule has 0 unspecified atom stereocenters. The average molecular weight is 272 g/mol. The minimum Gasteiger partial charge on any atom is -0.0696 e. The lowest BCUT2D eigenvalue weighted by molar-refractivity contribution is 0.600. The Bertz CT molecular complexity index is 172. The van der Waals surface area contributed by atoms with Crippen molar-refractivity contribution in [1.29, 1.82) is 0 Å². The molecule has 0 bridgehead atoms. The second kappa shape index (κ2) is 7.78. The van der Waals surface area contributed by atoms with Crippen LogP contribution in [0.1, 0.15) is 44.9 Å². The van der Waals surface area contributed by atoms with Gasteiger partial charge in [0.05, 0.1) is 0 Å². The van der Waals surface area contributed by atoms with Crippen molar-refractivity contribution >= 4 is 16.1 Å². The van der Waals surface area contributed by atoms with Crippen molar-refractivity contribution in [3.63, 3.8) is 0 Å². The van der Waals surface area contributed by atoms with E-state index in [0.717, 1.165) is 11.6 Å². The molecule has 0 aromatic heterocycles. The van der Waals surface area contributed by atoms with Gasteiger partial charge in [-0.3, -0.25) is 0 Å². The largest absolute Gasteiger partial charge is 0.0696 e. The molecule has 0 fully saturated rings. The maximum absolute atomic E-state index is 3.91.